The van der Waals surface area contributed by atoms with Crippen LogP contribution in [0.5, 0.6) is 0 Å². The molecule has 0 saturated carbocycles. The highest BCUT2D eigenvalue weighted by Crippen LogP contribution is 2.29. The van der Waals surface area contributed by atoms with Gasteiger partial charge in [0.1, 0.15) is 23.5 Å². The van der Waals surface area contributed by atoms with E-state index in [0.29, 0.717) is 28.3 Å². The molecule has 3 heterocycles. The first-order chi connectivity index (χ1) is 20.8. The van der Waals surface area contributed by atoms with Gasteiger partial charge >= 0.3 is 12.1 Å². The number of esters is 1. The summed E-state index contributed by atoms with van der Waals surface area (Å²) in [6.45, 7) is 7.79. The molecule has 12 heteroatoms. The zero-order valence-corrected chi connectivity index (χ0v) is 25.4. The molecule has 0 spiro atoms. The summed E-state index contributed by atoms with van der Waals surface area (Å²) in [5.41, 5.74) is 1.87. The van der Waals surface area contributed by atoms with Crippen molar-refractivity contribution >= 4 is 28.7 Å². The summed E-state index contributed by atoms with van der Waals surface area (Å²) in [5.74, 6) is -0.568. The van der Waals surface area contributed by atoms with E-state index in [2.05, 4.69) is 34.1 Å². The predicted octanol–water partition coefficient (Wildman–Crippen LogP) is 6.26. The van der Waals surface area contributed by atoms with Crippen molar-refractivity contribution in [3.05, 3.63) is 72.2 Å². The van der Waals surface area contributed by atoms with Crippen molar-refractivity contribution in [1.29, 1.82) is 0 Å². The first-order valence-corrected chi connectivity index (χ1v) is 14.5. The summed E-state index contributed by atoms with van der Waals surface area (Å²) in [6.07, 6.45) is 1.47. The normalized spacial score (nSPS) is 13.8. The van der Waals surface area contributed by atoms with Gasteiger partial charge in [-0.3, -0.25) is 14.2 Å². The van der Waals surface area contributed by atoms with Crippen LogP contribution >= 0.6 is 0 Å². The van der Waals surface area contributed by atoms with Crippen LogP contribution in [0.3, 0.4) is 0 Å². The van der Waals surface area contributed by atoms with Gasteiger partial charge in [0.25, 0.3) is 0 Å². The van der Waals surface area contributed by atoms with E-state index in [1.54, 1.807) is 36.9 Å². The van der Waals surface area contributed by atoms with Crippen LogP contribution in [-0.2, 0) is 27.5 Å². The van der Waals surface area contributed by atoms with Gasteiger partial charge < -0.3 is 15.4 Å². The topological polar surface area (TPSA) is 111 Å². The average molecular weight is 611 g/mol. The van der Waals surface area contributed by atoms with Crippen LogP contribution in [0.25, 0.3) is 22.4 Å². The first-order valence-electron chi connectivity index (χ1n) is 14.5. The number of benzene rings is 1. The van der Waals surface area contributed by atoms with E-state index >= 15 is 0 Å². The standard InChI is InChI=1S/C32H37F3N6O3/c1-6-31(5,30(43)38-18-32(33,34)35)40-26-13-15-36-27(39-26)25-17-41(28-24(25)8-7-14-37-28)19-44-29(42)21(4)23-11-9-22(10-12-23)16-20(2)3/h7-15,17,20-21H,6,16,18-19H2,1-5H3,(H,38,43)(H,36,39,40)/t21-,31+/m0/s1. The second kappa shape index (κ2) is 13.4. The quantitative estimate of drug-likeness (QED) is 0.182. The van der Waals surface area contributed by atoms with Crippen LogP contribution in [0, 0.1) is 5.92 Å². The molecule has 0 aliphatic heterocycles. The van der Waals surface area contributed by atoms with Crippen molar-refractivity contribution in [1.82, 2.24) is 24.8 Å². The van der Waals surface area contributed by atoms with Crippen LogP contribution in [0.15, 0.2) is 61.1 Å². The lowest BCUT2D eigenvalue weighted by Gasteiger charge is -2.29. The zero-order chi connectivity index (χ0) is 32.1. The Hall–Kier alpha value is -4.48. The molecule has 0 fully saturated rings. The third-order valence-corrected chi connectivity index (χ3v) is 7.42. The van der Waals surface area contributed by atoms with Crippen LogP contribution in [0.4, 0.5) is 19.0 Å². The maximum Gasteiger partial charge on any atom is 0.405 e. The minimum atomic E-state index is -4.53. The highest BCUT2D eigenvalue weighted by molar-refractivity contribution is 5.92. The van der Waals surface area contributed by atoms with Gasteiger partial charge in [0.05, 0.1) is 5.92 Å². The van der Waals surface area contributed by atoms with E-state index in [0.717, 1.165) is 12.0 Å². The molecule has 0 radical (unpaired) electrons. The number of alkyl halides is 3. The van der Waals surface area contributed by atoms with E-state index in [-0.39, 0.29) is 24.9 Å². The van der Waals surface area contributed by atoms with Gasteiger partial charge in [0, 0.05) is 29.5 Å². The van der Waals surface area contributed by atoms with Gasteiger partial charge in [0.2, 0.25) is 5.91 Å². The number of nitrogens with zero attached hydrogens (tertiary/aromatic N) is 4. The fraction of sp³-hybridized carbons (Fsp3) is 0.406. The van der Waals surface area contributed by atoms with Gasteiger partial charge in [-0.25, -0.2) is 15.0 Å². The summed E-state index contributed by atoms with van der Waals surface area (Å²) in [7, 11) is 0. The lowest BCUT2D eigenvalue weighted by molar-refractivity contribution is -0.148. The second-order valence-electron chi connectivity index (χ2n) is 11.4. The molecule has 1 amide bonds. The Labute approximate surface area is 254 Å². The SMILES string of the molecule is CC[C@@](C)(Nc1ccnc(-c2cn(COC(=O)[C@@H](C)c3ccc(CC(C)C)cc3)c3ncccc23)n1)C(=O)NCC(F)(F)F. The Balaban J connectivity index is 1.51. The number of ether oxygens (including phenoxy) is 1. The number of amides is 1. The highest BCUT2D eigenvalue weighted by atomic mass is 19.4. The van der Waals surface area contributed by atoms with Crippen LogP contribution in [0.1, 0.15) is 58.1 Å². The van der Waals surface area contributed by atoms with E-state index in [1.807, 2.05) is 35.6 Å². The number of halogens is 3. The summed E-state index contributed by atoms with van der Waals surface area (Å²) in [4.78, 5) is 39.0. The third-order valence-electron chi connectivity index (χ3n) is 7.42. The van der Waals surface area contributed by atoms with Crippen LogP contribution in [-0.4, -0.2) is 49.7 Å². The number of carbonyl (C=O) groups is 2. The molecular weight excluding hydrogens is 573 g/mol. The summed E-state index contributed by atoms with van der Waals surface area (Å²) in [6, 6.07) is 13.1. The molecule has 3 aromatic heterocycles. The smallest absolute Gasteiger partial charge is 0.405 e. The molecule has 9 nitrogen and oxygen atoms in total. The van der Waals surface area contributed by atoms with Crippen molar-refractivity contribution in [2.45, 2.75) is 71.8 Å². The Morgan fingerprint density at radius 3 is 2.41 bits per heavy atom. The second-order valence-corrected chi connectivity index (χ2v) is 11.4. The maximum atomic E-state index is 13.0. The summed E-state index contributed by atoms with van der Waals surface area (Å²) >= 11 is 0. The minimum absolute atomic E-state index is 0.0899. The molecule has 0 unspecified atom stereocenters. The average Bonchev–Trinajstić information content (AvgIpc) is 3.36. The highest BCUT2D eigenvalue weighted by Gasteiger charge is 2.35. The number of fused-ring (bicyclic) bond motifs is 1. The number of hydrogen-bond donors (Lipinski definition) is 2. The Bertz CT molecular complexity index is 1600. The van der Waals surface area contributed by atoms with Gasteiger partial charge in [-0.2, -0.15) is 13.2 Å². The van der Waals surface area contributed by atoms with E-state index in [4.69, 9.17) is 4.74 Å². The van der Waals surface area contributed by atoms with Crippen LogP contribution < -0.4 is 10.6 Å². The summed E-state index contributed by atoms with van der Waals surface area (Å²) < 4.78 is 45.4. The molecule has 0 aliphatic carbocycles. The fourth-order valence-electron chi connectivity index (χ4n) is 4.73. The largest absolute Gasteiger partial charge is 0.443 e. The number of aromatic nitrogens is 4. The van der Waals surface area contributed by atoms with Gasteiger partial charge in [-0.05, 0) is 61.9 Å². The first kappa shape index (κ1) is 32.4. The number of pyridine rings is 1. The number of carbonyl (C=O) groups excluding carboxylic acids is 2. The zero-order valence-electron chi connectivity index (χ0n) is 25.4. The lowest BCUT2D eigenvalue weighted by Crippen LogP contribution is -2.52. The Kier molecular flexibility index (Phi) is 9.91. The molecule has 0 aliphatic rings. The third kappa shape index (κ3) is 7.91. The number of anilines is 1. The number of nitrogens with one attached hydrogen (secondary N) is 2. The Morgan fingerprint density at radius 1 is 1.02 bits per heavy atom. The Morgan fingerprint density at radius 2 is 1.75 bits per heavy atom. The molecule has 4 aromatic rings. The number of rotatable bonds is 12. The fourth-order valence-corrected chi connectivity index (χ4v) is 4.73. The van der Waals surface area contributed by atoms with Crippen molar-refractivity contribution < 1.29 is 27.5 Å². The molecule has 4 rings (SSSR count). The molecule has 2 N–H and O–H groups in total. The maximum absolute atomic E-state index is 13.0. The van der Waals surface area contributed by atoms with Crippen molar-refractivity contribution in [3.8, 4) is 11.4 Å². The van der Waals surface area contributed by atoms with Crippen molar-refractivity contribution in [2.24, 2.45) is 5.92 Å². The van der Waals surface area contributed by atoms with Gasteiger partial charge in [0.15, 0.2) is 12.6 Å². The van der Waals surface area contributed by atoms with Crippen LogP contribution in [0.2, 0.25) is 0 Å². The van der Waals surface area contributed by atoms with Gasteiger partial charge in [-0.15, -0.1) is 0 Å². The van der Waals surface area contributed by atoms with E-state index in [1.165, 1.54) is 24.8 Å². The summed E-state index contributed by atoms with van der Waals surface area (Å²) in [5, 5.41) is 5.60. The van der Waals surface area contributed by atoms with E-state index in [9.17, 15) is 22.8 Å². The molecule has 234 valence electrons. The molecule has 0 bridgehead atoms. The molecule has 44 heavy (non-hydrogen) atoms. The van der Waals surface area contributed by atoms with Gasteiger partial charge in [-0.1, -0.05) is 45.0 Å². The minimum Gasteiger partial charge on any atom is -0.443 e. The van der Waals surface area contributed by atoms with Crippen molar-refractivity contribution in [2.75, 3.05) is 11.9 Å². The molecule has 1 aromatic carbocycles. The van der Waals surface area contributed by atoms with Crippen molar-refractivity contribution in [3.63, 3.8) is 0 Å². The molecule has 2 atom stereocenters. The molecule has 0 saturated heterocycles. The predicted molar refractivity (Wildman–Crippen MR) is 162 cm³/mol. The number of hydrogen-bond acceptors (Lipinski definition) is 7. The van der Waals surface area contributed by atoms with E-state index < -0.39 is 30.1 Å². The monoisotopic (exact) mass is 610 g/mol. The molecular formula is C32H37F3N6O3. The lowest BCUT2D eigenvalue weighted by atomic mass is 9.97.